The average molecular weight is 401 g/mol. The van der Waals surface area contributed by atoms with Crippen molar-refractivity contribution >= 4 is 17.7 Å². The molecule has 0 aromatic heterocycles. The van der Waals surface area contributed by atoms with Crippen molar-refractivity contribution in [1.29, 1.82) is 0 Å². The molecule has 3 amide bonds. The number of piperidine rings is 1. The fourth-order valence-electron chi connectivity index (χ4n) is 4.37. The maximum atomic E-state index is 13.4. The molecule has 3 aliphatic rings. The van der Waals surface area contributed by atoms with Gasteiger partial charge in [-0.05, 0) is 62.6 Å². The molecular formula is C22H28FN3O3. The third-order valence-electron chi connectivity index (χ3n) is 6.30. The first-order valence-electron chi connectivity index (χ1n) is 10.7. The summed E-state index contributed by atoms with van der Waals surface area (Å²) in [6.07, 6.45) is 5.12. The van der Waals surface area contributed by atoms with Gasteiger partial charge in [0.15, 0.2) is 0 Å². The van der Waals surface area contributed by atoms with Gasteiger partial charge in [0.2, 0.25) is 11.8 Å². The van der Waals surface area contributed by atoms with Gasteiger partial charge in [0.05, 0.1) is 0 Å². The highest BCUT2D eigenvalue weighted by atomic mass is 19.1. The summed E-state index contributed by atoms with van der Waals surface area (Å²) >= 11 is 0. The first-order valence-corrected chi connectivity index (χ1v) is 10.7. The molecule has 4 rings (SSSR count). The van der Waals surface area contributed by atoms with Crippen molar-refractivity contribution in [3.8, 4) is 0 Å². The topological polar surface area (TPSA) is 69.7 Å². The number of carbonyl (C=O) groups is 3. The first-order chi connectivity index (χ1) is 14.0. The molecule has 7 heteroatoms. The molecule has 1 N–H and O–H groups in total. The third kappa shape index (κ3) is 4.60. The molecule has 1 aliphatic carbocycles. The summed E-state index contributed by atoms with van der Waals surface area (Å²) in [5.74, 6) is -0.537. The summed E-state index contributed by atoms with van der Waals surface area (Å²) in [7, 11) is 0. The second kappa shape index (κ2) is 8.51. The van der Waals surface area contributed by atoms with Gasteiger partial charge in [-0.3, -0.25) is 14.4 Å². The molecule has 2 heterocycles. The Hall–Kier alpha value is -2.44. The van der Waals surface area contributed by atoms with Gasteiger partial charge in [-0.1, -0.05) is 6.07 Å². The van der Waals surface area contributed by atoms with Crippen LogP contribution in [0.3, 0.4) is 0 Å². The largest absolute Gasteiger partial charge is 0.344 e. The fourth-order valence-corrected chi connectivity index (χ4v) is 4.37. The predicted molar refractivity (Wildman–Crippen MR) is 105 cm³/mol. The molecule has 1 unspecified atom stereocenters. The van der Waals surface area contributed by atoms with Gasteiger partial charge in [-0.2, -0.15) is 0 Å². The van der Waals surface area contributed by atoms with Crippen LogP contribution in [-0.4, -0.2) is 59.7 Å². The monoisotopic (exact) mass is 401 g/mol. The molecule has 0 bridgehead atoms. The van der Waals surface area contributed by atoms with E-state index in [2.05, 4.69) is 5.32 Å². The molecule has 1 aromatic carbocycles. The molecule has 2 aliphatic heterocycles. The molecule has 156 valence electrons. The smallest absolute Gasteiger partial charge is 0.253 e. The molecule has 1 saturated carbocycles. The van der Waals surface area contributed by atoms with E-state index in [0.717, 1.165) is 38.8 Å². The zero-order valence-corrected chi connectivity index (χ0v) is 16.6. The SMILES string of the molecule is O=C(NC(C(=O)N1CCCC1)C1CCN(C(=O)c2cccc(F)c2)CC1)C1CC1. The van der Waals surface area contributed by atoms with Crippen LogP contribution < -0.4 is 5.32 Å². The lowest BCUT2D eigenvalue weighted by Gasteiger charge is -2.37. The Labute approximate surface area is 170 Å². The third-order valence-corrected chi connectivity index (χ3v) is 6.30. The van der Waals surface area contributed by atoms with Crippen molar-refractivity contribution in [3.05, 3.63) is 35.6 Å². The molecule has 1 aromatic rings. The number of halogens is 1. The van der Waals surface area contributed by atoms with E-state index in [1.54, 1.807) is 11.0 Å². The van der Waals surface area contributed by atoms with Crippen LogP contribution in [0.4, 0.5) is 4.39 Å². The van der Waals surface area contributed by atoms with Gasteiger partial charge in [0.25, 0.3) is 5.91 Å². The number of carbonyl (C=O) groups excluding carboxylic acids is 3. The summed E-state index contributed by atoms with van der Waals surface area (Å²) < 4.78 is 13.4. The van der Waals surface area contributed by atoms with Crippen molar-refractivity contribution in [2.24, 2.45) is 11.8 Å². The van der Waals surface area contributed by atoms with Gasteiger partial charge in [-0.25, -0.2) is 4.39 Å². The van der Waals surface area contributed by atoms with Crippen LogP contribution in [0.1, 0.15) is 48.9 Å². The number of hydrogen-bond donors (Lipinski definition) is 1. The van der Waals surface area contributed by atoms with Crippen molar-refractivity contribution < 1.29 is 18.8 Å². The number of nitrogens with one attached hydrogen (secondary N) is 1. The summed E-state index contributed by atoms with van der Waals surface area (Å²) in [6.45, 7) is 2.52. The Morgan fingerprint density at radius 3 is 2.28 bits per heavy atom. The van der Waals surface area contributed by atoms with E-state index in [1.165, 1.54) is 18.2 Å². The van der Waals surface area contributed by atoms with E-state index in [0.29, 0.717) is 31.5 Å². The second-order valence-corrected chi connectivity index (χ2v) is 8.43. The Morgan fingerprint density at radius 1 is 0.966 bits per heavy atom. The molecular weight excluding hydrogens is 373 g/mol. The average Bonchev–Trinajstić information content (AvgIpc) is 3.45. The van der Waals surface area contributed by atoms with E-state index in [9.17, 15) is 18.8 Å². The highest BCUT2D eigenvalue weighted by molar-refractivity contribution is 5.94. The van der Waals surface area contributed by atoms with Crippen LogP contribution in [0.25, 0.3) is 0 Å². The molecule has 1 atom stereocenters. The van der Waals surface area contributed by atoms with Crippen LogP contribution in [0.2, 0.25) is 0 Å². The molecule has 0 radical (unpaired) electrons. The molecule has 29 heavy (non-hydrogen) atoms. The van der Waals surface area contributed by atoms with Crippen LogP contribution in [-0.2, 0) is 9.59 Å². The lowest BCUT2D eigenvalue weighted by molar-refractivity contribution is -0.138. The van der Waals surface area contributed by atoms with E-state index < -0.39 is 11.9 Å². The fraction of sp³-hybridized carbons (Fsp3) is 0.591. The lowest BCUT2D eigenvalue weighted by Crippen LogP contribution is -2.54. The molecule has 0 spiro atoms. The molecule has 6 nitrogen and oxygen atoms in total. The zero-order chi connectivity index (χ0) is 20.4. The Morgan fingerprint density at radius 2 is 1.66 bits per heavy atom. The highest BCUT2D eigenvalue weighted by Crippen LogP contribution is 2.30. The summed E-state index contributed by atoms with van der Waals surface area (Å²) in [5, 5.41) is 3.03. The Bertz CT molecular complexity index is 781. The van der Waals surface area contributed by atoms with Crippen LogP contribution in [0.5, 0.6) is 0 Å². The number of nitrogens with zero attached hydrogens (tertiary/aromatic N) is 2. The maximum Gasteiger partial charge on any atom is 0.253 e. The normalized spacial score (nSPS) is 21.1. The number of rotatable bonds is 5. The van der Waals surface area contributed by atoms with E-state index in [-0.39, 0.29) is 29.6 Å². The van der Waals surface area contributed by atoms with Crippen LogP contribution in [0.15, 0.2) is 24.3 Å². The highest BCUT2D eigenvalue weighted by Gasteiger charge is 2.39. The zero-order valence-electron chi connectivity index (χ0n) is 16.6. The first kappa shape index (κ1) is 19.9. The van der Waals surface area contributed by atoms with Crippen LogP contribution in [0, 0.1) is 17.7 Å². The molecule has 2 saturated heterocycles. The number of hydrogen-bond acceptors (Lipinski definition) is 3. The predicted octanol–water partition coefficient (Wildman–Crippen LogP) is 2.20. The van der Waals surface area contributed by atoms with E-state index in [1.807, 2.05) is 4.90 Å². The lowest BCUT2D eigenvalue weighted by atomic mass is 9.88. The maximum absolute atomic E-state index is 13.4. The summed E-state index contributed by atoms with van der Waals surface area (Å²) in [5.41, 5.74) is 0.343. The number of benzene rings is 1. The Balaban J connectivity index is 1.40. The van der Waals surface area contributed by atoms with Gasteiger partial charge in [0.1, 0.15) is 11.9 Å². The minimum absolute atomic E-state index is 0.0131. The standard InChI is InChI=1S/C22H28FN3O3/c23-18-5-3-4-17(14-18)21(28)26-12-8-15(9-13-26)19(24-20(27)16-6-7-16)22(29)25-10-1-2-11-25/h3-5,14-16,19H,1-2,6-13H2,(H,24,27). The van der Waals surface area contributed by atoms with Crippen LogP contribution >= 0.6 is 0 Å². The second-order valence-electron chi connectivity index (χ2n) is 8.43. The van der Waals surface area contributed by atoms with Gasteiger partial charge in [0, 0.05) is 37.7 Å². The number of amides is 3. The summed E-state index contributed by atoms with van der Waals surface area (Å²) in [4.78, 5) is 41.7. The number of likely N-dealkylation sites (tertiary alicyclic amines) is 2. The van der Waals surface area contributed by atoms with Crippen molar-refractivity contribution in [3.63, 3.8) is 0 Å². The van der Waals surface area contributed by atoms with Crippen molar-refractivity contribution in [1.82, 2.24) is 15.1 Å². The van der Waals surface area contributed by atoms with Crippen molar-refractivity contribution in [2.45, 2.75) is 44.6 Å². The summed E-state index contributed by atoms with van der Waals surface area (Å²) in [6, 6.07) is 5.22. The van der Waals surface area contributed by atoms with E-state index in [4.69, 9.17) is 0 Å². The minimum atomic E-state index is -0.507. The Kier molecular flexibility index (Phi) is 5.83. The van der Waals surface area contributed by atoms with Crippen molar-refractivity contribution in [2.75, 3.05) is 26.2 Å². The molecule has 3 fully saturated rings. The van der Waals surface area contributed by atoms with Gasteiger partial charge < -0.3 is 15.1 Å². The van der Waals surface area contributed by atoms with Gasteiger partial charge in [-0.15, -0.1) is 0 Å². The quantitative estimate of drug-likeness (QED) is 0.822. The minimum Gasteiger partial charge on any atom is -0.344 e. The van der Waals surface area contributed by atoms with E-state index >= 15 is 0 Å². The van der Waals surface area contributed by atoms with Gasteiger partial charge >= 0.3 is 0 Å².